The summed E-state index contributed by atoms with van der Waals surface area (Å²) in [4.78, 5) is 24.9. The van der Waals surface area contributed by atoms with Crippen LogP contribution in [0.1, 0.15) is 13.8 Å². The molecule has 1 saturated heterocycles. The van der Waals surface area contributed by atoms with Gasteiger partial charge in [0.1, 0.15) is 6.10 Å². The number of hydrogen-bond donors (Lipinski definition) is 2. The van der Waals surface area contributed by atoms with Crippen molar-refractivity contribution in [2.24, 2.45) is 5.92 Å². The van der Waals surface area contributed by atoms with Gasteiger partial charge >= 0.3 is 12.1 Å². The van der Waals surface area contributed by atoms with E-state index in [9.17, 15) is 9.59 Å². The molecule has 1 heterocycles. The molecule has 1 aliphatic heterocycles. The third kappa shape index (κ3) is 4.37. The molecule has 0 radical (unpaired) electrons. The summed E-state index contributed by atoms with van der Waals surface area (Å²) in [5.41, 5.74) is 0.800. The molecule has 0 bridgehead atoms. The van der Waals surface area contributed by atoms with Gasteiger partial charge in [0.15, 0.2) is 0 Å². The van der Waals surface area contributed by atoms with Crippen LogP contribution < -0.4 is 15.5 Å². The van der Waals surface area contributed by atoms with Gasteiger partial charge < -0.3 is 15.4 Å². The Bertz CT molecular complexity index is 490. The molecule has 1 aromatic rings. The fourth-order valence-corrected chi connectivity index (χ4v) is 2.01. The molecule has 1 atom stereocenters. The van der Waals surface area contributed by atoms with Gasteiger partial charge in [0.05, 0.1) is 13.1 Å². The van der Waals surface area contributed by atoms with Crippen molar-refractivity contribution in [2.45, 2.75) is 20.0 Å². The molecule has 1 aliphatic rings. The van der Waals surface area contributed by atoms with Crippen LogP contribution in [0.2, 0.25) is 0 Å². The zero-order valence-corrected chi connectivity index (χ0v) is 12.3. The molecule has 1 unspecified atom stereocenters. The topological polar surface area (TPSA) is 70.7 Å². The summed E-state index contributed by atoms with van der Waals surface area (Å²) in [6, 6.07) is 9.10. The summed E-state index contributed by atoms with van der Waals surface area (Å²) in [7, 11) is 0. The molecule has 1 aromatic carbocycles. The number of rotatable bonds is 5. The Morgan fingerprint density at radius 2 is 2.05 bits per heavy atom. The van der Waals surface area contributed by atoms with E-state index in [2.05, 4.69) is 10.6 Å². The van der Waals surface area contributed by atoms with Crippen molar-refractivity contribution < 1.29 is 14.3 Å². The monoisotopic (exact) mass is 291 g/mol. The highest BCUT2D eigenvalue weighted by atomic mass is 16.6. The Labute approximate surface area is 124 Å². The van der Waals surface area contributed by atoms with Crippen molar-refractivity contribution in [3.8, 4) is 0 Å². The lowest BCUT2D eigenvalue weighted by atomic mass is 10.2. The summed E-state index contributed by atoms with van der Waals surface area (Å²) in [6.45, 7) is 5.41. The Morgan fingerprint density at radius 1 is 1.33 bits per heavy atom. The van der Waals surface area contributed by atoms with Crippen LogP contribution in [0.5, 0.6) is 0 Å². The van der Waals surface area contributed by atoms with E-state index in [4.69, 9.17) is 4.74 Å². The number of para-hydroxylation sites is 1. The van der Waals surface area contributed by atoms with Gasteiger partial charge in [-0.15, -0.1) is 0 Å². The van der Waals surface area contributed by atoms with E-state index < -0.39 is 0 Å². The fourth-order valence-electron chi connectivity index (χ4n) is 2.01. The Balaban J connectivity index is 1.79. The molecule has 21 heavy (non-hydrogen) atoms. The van der Waals surface area contributed by atoms with E-state index in [1.165, 1.54) is 0 Å². The number of carbonyl (C=O) groups is 2. The molecule has 1 fully saturated rings. The van der Waals surface area contributed by atoms with Crippen molar-refractivity contribution in [3.63, 3.8) is 0 Å². The number of nitrogens with one attached hydrogen (secondary N) is 2. The number of carbonyl (C=O) groups excluding carboxylic acids is 2. The summed E-state index contributed by atoms with van der Waals surface area (Å²) >= 11 is 0. The normalized spacial score (nSPS) is 17.8. The van der Waals surface area contributed by atoms with Crippen molar-refractivity contribution in [2.75, 3.05) is 24.5 Å². The highest BCUT2D eigenvalue weighted by Gasteiger charge is 2.32. The fraction of sp³-hybridized carbons (Fsp3) is 0.467. The lowest BCUT2D eigenvalue weighted by Crippen LogP contribution is -2.42. The van der Waals surface area contributed by atoms with E-state index in [0.717, 1.165) is 5.69 Å². The van der Waals surface area contributed by atoms with Gasteiger partial charge in [-0.05, 0) is 18.1 Å². The van der Waals surface area contributed by atoms with Crippen LogP contribution in [0.4, 0.5) is 15.3 Å². The Morgan fingerprint density at radius 3 is 2.71 bits per heavy atom. The van der Waals surface area contributed by atoms with Gasteiger partial charge in [-0.3, -0.25) is 4.90 Å². The van der Waals surface area contributed by atoms with Gasteiger partial charge in [0, 0.05) is 12.2 Å². The minimum atomic E-state index is -0.379. The lowest BCUT2D eigenvalue weighted by molar-refractivity contribution is 0.140. The van der Waals surface area contributed by atoms with Crippen LogP contribution in [0.25, 0.3) is 0 Å². The quantitative estimate of drug-likeness (QED) is 0.871. The number of anilines is 1. The molecule has 0 aromatic heterocycles. The van der Waals surface area contributed by atoms with Gasteiger partial charge in [-0.1, -0.05) is 32.0 Å². The smallest absolute Gasteiger partial charge is 0.414 e. The highest BCUT2D eigenvalue weighted by molar-refractivity contribution is 5.89. The molecule has 2 rings (SSSR count). The molecule has 0 aliphatic carbocycles. The zero-order valence-electron chi connectivity index (χ0n) is 12.3. The van der Waals surface area contributed by atoms with Crippen LogP contribution in [-0.4, -0.2) is 37.9 Å². The minimum absolute atomic E-state index is 0.238. The van der Waals surface area contributed by atoms with Crippen molar-refractivity contribution in [1.82, 2.24) is 10.6 Å². The van der Waals surface area contributed by atoms with Crippen LogP contribution in [0.3, 0.4) is 0 Å². The van der Waals surface area contributed by atoms with Crippen LogP contribution >= 0.6 is 0 Å². The van der Waals surface area contributed by atoms with E-state index in [1.807, 2.05) is 44.2 Å². The zero-order chi connectivity index (χ0) is 15.2. The number of cyclic esters (lactones) is 1. The van der Waals surface area contributed by atoms with Crippen molar-refractivity contribution >= 4 is 17.8 Å². The Kier molecular flexibility index (Phi) is 5.03. The SMILES string of the molecule is CC(C)CNC(=O)NCC1CN(c2ccccc2)C(=O)O1. The average molecular weight is 291 g/mol. The van der Waals surface area contributed by atoms with Crippen LogP contribution in [0.15, 0.2) is 30.3 Å². The highest BCUT2D eigenvalue weighted by Crippen LogP contribution is 2.20. The van der Waals surface area contributed by atoms with Gasteiger partial charge in [-0.2, -0.15) is 0 Å². The molecular weight excluding hydrogens is 270 g/mol. The maximum Gasteiger partial charge on any atom is 0.414 e. The molecule has 2 N–H and O–H groups in total. The average Bonchev–Trinajstić information content (AvgIpc) is 2.85. The lowest BCUT2D eigenvalue weighted by Gasteiger charge is -2.13. The van der Waals surface area contributed by atoms with Crippen LogP contribution in [-0.2, 0) is 4.74 Å². The first-order valence-electron chi connectivity index (χ1n) is 7.11. The maximum atomic E-state index is 11.8. The number of urea groups is 1. The largest absolute Gasteiger partial charge is 0.442 e. The van der Waals surface area contributed by atoms with Gasteiger partial charge in [0.25, 0.3) is 0 Å². The van der Waals surface area contributed by atoms with E-state index in [-0.39, 0.29) is 18.2 Å². The molecule has 6 heteroatoms. The summed E-state index contributed by atoms with van der Waals surface area (Å²) in [5.74, 6) is 0.397. The van der Waals surface area contributed by atoms with Crippen molar-refractivity contribution in [3.05, 3.63) is 30.3 Å². The summed E-state index contributed by atoms with van der Waals surface area (Å²) in [5, 5.41) is 5.47. The standard InChI is InChI=1S/C15H21N3O3/c1-11(2)8-16-14(19)17-9-13-10-18(15(20)21-13)12-6-4-3-5-7-12/h3-7,11,13H,8-10H2,1-2H3,(H2,16,17,19). The van der Waals surface area contributed by atoms with E-state index >= 15 is 0 Å². The second kappa shape index (κ2) is 6.97. The van der Waals surface area contributed by atoms with Crippen LogP contribution in [0, 0.1) is 5.92 Å². The first-order valence-corrected chi connectivity index (χ1v) is 7.11. The molecule has 114 valence electrons. The van der Waals surface area contributed by atoms with Crippen molar-refractivity contribution in [1.29, 1.82) is 0 Å². The molecule has 0 spiro atoms. The van der Waals surface area contributed by atoms with E-state index in [0.29, 0.717) is 25.6 Å². The number of ether oxygens (including phenoxy) is 1. The van der Waals surface area contributed by atoms with Gasteiger partial charge in [-0.25, -0.2) is 9.59 Å². The second-order valence-electron chi connectivity index (χ2n) is 5.44. The number of benzene rings is 1. The molecular formula is C15H21N3O3. The minimum Gasteiger partial charge on any atom is -0.442 e. The molecule has 3 amide bonds. The molecule has 6 nitrogen and oxygen atoms in total. The first kappa shape index (κ1) is 15.2. The summed E-state index contributed by atoms with van der Waals surface area (Å²) in [6.07, 6.45) is -0.710. The predicted octanol–water partition coefficient (Wildman–Crippen LogP) is 1.97. The predicted molar refractivity (Wildman–Crippen MR) is 80.3 cm³/mol. The number of hydrogen-bond acceptors (Lipinski definition) is 3. The Hall–Kier alpha value is -2.24. The maximum absolute atomic E-state index is 11.8. The number of nitrogens with zero attached hydrogens (tertiary/aromatic N) is 1. The third-order valence-corrected chi connectivity index (χ3v) is 3.10. The molecule has 0 saturated carbocycles. The third-order valence-electron chi connectivity index (χ3n) is 3.10. The first-order chi connectivity index (χ1) is 10.1. The van der Waals surface area contributed by atoms with E-state index in [1.54, 1.807) is 4.90 Å². The number of amides is 3. The summed E-state index contributed by atoms with van der Waals surface area (Å²) < 4.78 is 5.25. The van der Waals surface area contributed by atoms with Gasteiger partial charge in [0.2, 0.25) is 0 Å². The second-order valence-corrected chi connectivity index (χ2v) is 5.44.